The van der Waals surface area contributed by atoms with Crippen LogP contribution in [0.3, 0.4) is 0 Å². The minimum absolute atomic E-state index is 0.00360. The number of anilines is 1. The Hall–Kier alpha value is -2.23. The minimum Gasteiger partial charge on any atom is -0.308 e. The Morgan fingerprint density at radius 3 is 2.50 bits per heavy atom. The van der Waals surface area contributed by atoms with E-state index < -0.39 is 17.5 Å². The SMILES string of the molecule is CCN(C(=O)c1cccc(C)c1F)c1cccc(F)c1. The van der Waals surface area contributed by atoms with Gasteiger partial charge >= 0.3 is 0 Å². The molecule has 104 valence electrons. The quantitative estimate of drug-likeness (QED) is 0.830. The Bertz CT molecular complexity index is 640. The number of hydrogen-bond donors (Lipinski definition) is 0. The van der Waals surface area contributed by atoms with Crippen molar-refractivity contribution in [3.05, 3.63) is 65.2 Å². The molecule has 0 aromatic heterocycles. The summed E-state index contributed by atoms with van der Waals surface area (Å²) in [6.45, 7) is 3.69. The highest BCUT2D eigenvalue weighted by atomic mass is 19.1. The second kappa shape index (κ2) is 5.82. The number of rotatable bonds is 3. The van der Waals surface area contributed by atoms with Crippen LogP contribution in [0.2, 0.25) is 0 Å². The van der Waals surface area contributed by atoms with Crippen molar-refractivity contribution in [2.24, 2.45) is 0 Å². The molecule has 2 nitrogen and oxygen atoms in total. The molecule has 0 saturated heterocycles. The van der Waals surface area contributed by atoms with E-state index in [4.69, 9.17) is 0 Å². The number of aryl methyl sites for hydroxylation is 1. The first-order valence-electron chi connectivity index (χ1n) is 6.37. The van der Waals surface area contributed by atoms with E-state index >= 15 is 0 Å². The molecule has 0 saturated carbocycles. The maximum absolute atomic E-state index is 14.0. The van der Waals surface area contributed by atoms with Crippen LogP contribution in [0.4, 0.5) is 14.5 Å². The van der Waals surface area contributed by atoms with Crippen molar-refractivity contribution in [3.63, 3.8) is 0 Å². The van der Waals surface area contributed by atoms with E-state index in [-0.39, 0.29) is 5.56 Å². The van der Waals surface area contributed by atoms with Gasteiger partial charge in [-0.3, -0.25) is 4.79 Å². The first-order chi connectivity index (χ1) is 9.54. The molecule has 0 aliphatic heterocycles. The third-order valence-corrected chi connectivity index (χ3v) is 3.10. The Labute approximate surface area is 116 Å². The van der Waals surface area contributed by atoms with Crippen LogP contribution in [0.5, 0.6) is 0 Å². The number of halogens is 2. The summed E-state index contributed by atoms with van der Waals surface area (Å²) in [5, 5.41) is 0. The predicted octanol–water partition coefficient (Wildman–Crippen LogP) is 3.94. The first kappa shape index (κ1) is 14.2. The predicted molar refractivity (Wildman–Crippen MR) is 74.9 cm³/mol. The second-order valence-corrected chi connectivity index (χ2v) is 4.47. The van der Waals surface area contributed by atoms with Crippen LogP contribution < -0.4 is 4.90 Å². The summed E-state index contributed by atoms with van der Waals surface area (Å²) in [5.41, 5.74) is 0.820. The molecule has 0 bridgehead atoms. The third kappa shape index (κ3) is 2.69. The van der Waals surface area contributed by atoms with E-state index in [1.165, 1.54) is 29.2 Å². The Kier molecular flexibility index (Phi) is 4.13. The smallest absolute Gasteiger partial charge is 0.261 e. The molecule has 0 aliphatic carbocycles. The molecule has 0 aliphatic rings. The lowest BCUT2D eigenvalue weighted by atomic mass is 10.1. The molecule has 0 N–H and O–H groups in total. The summed E-state index contributed by atoms with van der Waals surface area (Å²) < 4.78 is 27.3. The van der Waals surface area contributed by atoms with Crippen LogP contribution >= 0.6 is 0 Å². The number of benzene rings is 2. The number of hydrogen-bond acceptors (Lipinski definition) is 1. The number of carbonyl (C=O) groups excluding carboxylic acids is 1. The van der Waals surface area contributed by atoms with Gasteiger partial charge in [-0.25, -0.2) is 8.78 Å². The maximum atomic E-state index is 14.0. The summed E-state index contributed by atoms with van der Waals surface area (Å²) in [5.74, 6) is -1.44. The van der Waals surface area contributed by atoms with Crippen LogP contribution in [0.25, 0.3) is 0 Å². The molecule has 0 spiro atoms. The fourth-order valence-corrected chi connectivity index (χ4v) is 2.05. The minimum atomic E-state index is -0.535. The molecular formula is C16H15F2NO. The highest BCUT2D eigenvalue weighted by Gasteiger charge is 2.20. The molecule has 1 amide bonds. The Morgan fingerprint density at radius 2 is 1.85 bits per heavy atom. The number of carbonyl (C=O) groups is 1. The molecule has 2 aromatic rings. The largest absolute Gasteiger partial charge is 0.308 e. The van der Waals surface area contributed by atoms with E-state index in [9.17, 15) is 13.6 Å². The van der Waals surface area contributed by atoms with E-state index in [0.717, 1.165) is 0 Å². The second-order valence-electron chi connectivity index (χ2n) is 4.47. The van der Waals surface area contributed by atoms with Gasteiger partial charge in [0.25, 0.3) is 5.91 Å². The standard InChI is InChI=1S/C16H15F2NO/c1-3-19(13-8-5-7-12(17)10-13)16(20)14-9-4-6-11(2)15(14)18/h4-10H,3H2,1-2H3. The topological polar surface area (TPSA) is 20.3 Å². The van der Waals surface area contributed by atoms with E-state index in [2.05, 4.69) is 0 Å². The highest BCUT2D eigenvalue weighted by Crippen LogP contribution is 2.20. The molecule has 0 unspecified atom stereocenters. The van der Waals surface area contributed by atoms with Gasteiger partial charge in [0.1, 0.15) is 11.6 Å². The van der Waals surface area contributed by atoms with Crippen LogP contribution in [0, 0.1) is 18.6 Å². The van der Waals surface area contributed by atoms with Gasteiger partial charge < -0.3 is 4.90 Å². The molecule has 0 atom stereocenters. The van der Waals surface area contributed by atoms with Gasteiger partial charge in [0, 0.05) is 12.2 Å². The van der Waals surface area contributed by atoms with E-state index in [1.54, 1.807) is 32.0 Å². The average Bonchev–Trinajstić information content (AvgIpc) is 2.42. The lowest BCUT2D eigenvalue weighted by Gasteiger charge is -2.21. The molecule has 20 heavy (non-hydrogen) atoms. The van der Waals surface area contributed by atoms with Crippen molar-refractivity contribution in [1.82, 2.24) is 0 Å². The van der Waals surface area contributed by atoms with E-state index in [0.29, 0.717) is 17.8 Å². The van der Waals surface area contributed by atoms with Gasteiger partial charge in [0.2, 0.25) is 0 Å². The van der Waals surface area contributed by atoms with Gasteiger partial charge in [0.05, 0.1) is 5.56 Å². The normalized spacial score (nSPS) is 10.4. The van der Waals surface area contributed by atoms with Crippen LogP contribution in [0.15, 0.2) is 42.5 Å². The highest BCUT2D eigenvalue weighted by molar-refractivity contribution is 6.06. The van der Waals surface area contributed by atoms with Gasteiger partial charge in [-0.05, 0) is 43.7 Å². The number of amides is 1. The van der Waals surface area contributed by atoms with Crippen LogP contribution in [-0.2, 0) is 0 Å². The summed E-state index contributed by atoms with van der Waals surface area (Å²) in [4.78, 5) is 13.8. The van der Waals surface area contributed by atoms with Gasteiger partial charge in [-0.15, -0.1) is 0 Å². The Morgan fingerprint density at radius 1 is 1.15 bits per heavy atom. The van der Waals surface area contributed by atoms with Gasteiger partial charge in [-0.2, -0.15) is 0 Å². The summed E-state index contributed by atoms with van der Waals surface area (Å²) >= 11 is 0. The zero-order chi connectivity index (χ0) is 14.7. The van der Waals surface area contributed by atoms with Gasteiger partial charge in [0.15, 0.2) is 0 Å². The maximum Gasteiger partial charge on any atom is 0.261 e. The Balaban J connectivity index is 2.42. The van der Waals surface area contributed by atoms with Crippen molar-refractivity contribution in [1.29, 1.82) is 0 Å². The van der Waals surface area contributed by atoms with Crippen LogP contribution in [0.1, 0.15) is 22.8 Å². The lowest BCUT2D eigenvalue weighted by molar-refractivity contribution is 0.0984. The molecule has 2 rings (SSSR count). The fourth-order valence-electron chi connectivity index (χ4n) is 2.05. The average molecular weight is 275 g/mol. The van der Waals surface area contributed by atoms with Crippen molar-refractivity contribution in [3.8, 4) is 0 Å². The molecule has 0 radical (unpaired) electrons. The van der Waals surface area contributed by atoms with Gasteiger partial charge in [-0.1, -0.05) is 18.2 Å². The monoisotopic (exact) mass is 275 g/mol. The zero-order valence-corrected chi connectivity index (χ0v) is 11.4. The summed E-state index contributed by atoms with van der Waals surface area (Å²) in [7, 11) is 0. The first-order valence-corrected chi connectivity index (χ1v) is 6.37. The fraction of sp³-hybridized carbons (Fsp3) is 0.188. The zero-order valence-electron chi connectivity index (χ0n) is 11.4. The van der Waals surface area contributed by atoms with Crippen molar-refractivity contribution in [2.75, 3.05) is 11.4 Å². The third-order valence-electron chi connectivity index (χ3n) is 3.10. The number of nitrogens with zero attached hydrogens (tertiary/aromatic N) is 1. The molecule has 4 heteroatoms. The van der Waals surface area contributed by atoms with E-state index in [1.807, 2.05) is 0 Å². The molecular weight excluding hydrogens is 260 g/mol. The van der Waals surface area contributed by atoms with Crippen molar-refractivity contribution >= 4 is 11.6 Å². The summed E-state index contributed by atoms with van der Waals surface area (Å²) in [6.07, 6.45) is 0. The molecule has 2 aromatic carbocycles. The van der Waals surface area contributed by atoms with Crippen molar-refractivity contribution < 1.29 is 13.6 Å². The van der Waals surface area contributed by atoms with Crippen LogP contribution in [-0.4, -0.2) is 12.5 Å². The summed E-state index contributed by atoms with van der Waals surface area (Å²) in [6, 6.07) is 10.4. The lowest BCUT2D eigenvalue weighted by Crippen LogP contribution is -2.31. The van der Waals surface area contributed by atoms with Crippen molar-refractivity contribution in [2.45, 2.75) is 13.8 Å². The molecule has 0 heterocycles. The molecule has 0 fully saturated rings.